The minimum atomic E-state index is -3.76. The van der Waals surface area contributed by atoms with E-state index in [1.54, 1.807) is 0 Å². The highest BCUT2D eigenvalue weighted by atomic mass is 35.5. The smallest absolute Gasteiger partial charge is 0.337 e. The molecule has 3 N–H and O–H groups in total. The van der Waals surface area contributed by atoms with Crippen LogP contribution in [-0.2, 0) is 14.8 Å². The highest BCUT2D eigenvalue weighted by Crippen LogP contribution is 2.28. The molecule has 0 aromatic heterocycles. The second-order valence-electron chi connectivity index (χ2n) is 5.29. The maximum Gasteiger partial charge on any atom is 0.337 e. The van der Waals surface area contributed by atoms with Crippen LogP contribution in [0, 0.1) is 5.92 Å². The third-order valence-electron chi connectivity index (χ3n) is 3.91. The Labute approximate surface area is 135 Å². The Hall–Kier alpha value is -1.15. The Kier molecular flexibility index (Phi) is 5.44. The van der Waals surface area contributed by atoms with Crippen molar-refractivity contribution in [3.63, 3.8) is 0 Å². The molecule has 1 aliphatic rings. The van der Waals surface area contributed by atoms with Gasteiger partial charge in [0.05, 0.1) is 17.7 Å². The third kappa shape index (κ3) is 3.60. The summed E-state index contributed by atoms with van der Waals surface area (Å²) in [7, 11) is -2.51. The van der Waals surface area contributed by atoms with E-state index < -0.39 is 16.0 Å². The lowest BCUT2D eigenvalue weighted by Crippen LogP contribution is -2.39. The molecule has 122 valence electrons. The Morgan fingerprint density at radius 3 is 2.77 bits per heavy atom. The predicted octanol–water partition coefficient (Wildman–Crippen LogP) is 1.53. The number of carbonyl (C=O) groups excluding carboxylic acids is 1. The Morgan fingerprint density at radius 2 is 2.18 bits per heavy atom. The van der Waals surface area contributed by atoms with E-state index in [0.717, 1.165) is 19.3 Å². The Bertz CT molecular complexity index is 663. The van der Waals surface area contributed by atoms with Gasteiger partial charge in [0.15, 0.2) is 0 Å². The molecule has 1 aromatic rings. The van der Waals surface area contributed by atoms with Gasteiger partial charge in [0, 0.05) is 6.04 Å². The van der Waals surface area contributed by atoms with Crippen LogP contribution < -0.4 is 10.5 Å². The predicted molar refractivity (Wildman–Crippen MR) is 83.3 cm³/mol. The molecule has 2 atom stereocenters. The Morgan fingerprint density at radius 1 is 1.45 bits per heavy atom. The van der Waals surface area contributed by atoms with Crippen molar-refractivity contribution in [1.82, 2.24) is 4.72 Å². The molecule has 1 aliphatic carbocycles. The van der Waals surface area contributed by atoms with Crippen molar-refractivity contribution >= 4 is 27.6 Å². The van der Waals surface area contributed by atoms with Crippen molar-refractivity contribution < 1.29 is 17.9 Å². The average molecular weight is 347 g/mol. The van der Waals surface area contributed by atoms with E-state index in [1.165, 1.54) is 25.3 Å². The molecule has 6 nitrogen and oxygen atoms in total. The molecular weight excluding hydrogens is 328 g/mol. The van der Waals surface area contributed by atoms with Gasteiger partial charge in [-0.05, 0) is 43.5 Å². The summed E-state index contributed by atoms with van der Waals surface area (Å²) in [6.07, 6.45) is 2.63. The summed E-state index contributed by atoms with van der Waals surface area (Å²) in [6, 6.07) is 3.80. The number of esters is 1. The molecule has 0 spiro atoms. The molecule has 22 heavy (non-hydrogen) atoms. The van der Waals surface area contributed by atoms with E-state index in [-0.39, 0.29) is 27.4 Å². The largest absolute Gasteiger partial charge is 0.465 e. The number of ether oxygens (including phenoxy) is 1. The first kappa shape index (κ1) is 17.2. The van der Waals surface area contributed by atoms with Gasteiger partial charge in [-0.3, -0.25) is 0 Å². The summed E-state index contributed by atoms with van der Waals surface area (Å²) >= 11 is 6.02. The quantitative estimate of drug-likeness (QED) is 0.788. The van der Waals surface area contributed by atoms with Crippen molar-refractivity contribution in [3.05, 3.63) is 28.8 Å². The number of hydrogen-bond donors (Lipinski definition) is 2. The second-order valence-corrected chi connectivity index (χ2v) is 7.38. The number of nitrogens with two attached hydrogens (primary N) is 1. The van der Waals surface area contributed by atoms with Gasteiger partial charge in [-0.25, -0.2) is 17.9 Å². The molecule has 2 unspecified atom stereocenters. The fourth-order valence-electron chi connectivity index (χ4n) is 2.70. The van der Waals surface area contributed by atoms with Gasteiger partial charge < -0.3 is 10.5 Å². The number of benzene rings is 1. The van der Waals surface area contributed by atoms with Crippen molar-refractivity contribution in [2.75, 3.05) is 13.7 Å². The van der Waals surface area contributed by atoms with Gasteiger partial charge in [-0.15, -0.1) is 0 Å². The van der Waals surface area contributed by atoms with Crippen LogP contribution in [-0.4, -0.2) is 34.1 Å². The zero-order valence-electron chi connectivity index (χ0n) is 12.2. The lowest BCUT2D eigenvalue weighted by Gasteiger charge is -2.20. The minimum absolute atomic E-state index is 0.0160. The summed E-state index contributed by atoms with van der Waals surface area (Å²) in [6.45, 7) is 0.447. The van der Waals surface area contributed by atoms with E-state index in [9.17, 15) is 13.2 Å². The normalized spacial score (nSPS) is 21.8. The van der Waals surface area contributed by atoms with Gasteiger partial charge in [-0.2, -0.15) is 0 Å². The number of rotatable bonds is 5. The van der Waals surface area contributed by atoms with Crippen LogP contribution in [0.15, 0.2) is 23.1 Å². The molecule has 0 amide bonds. The maximum absolute atomic E-state index is 12.5. The monoisotopic (exact) mass is 346 g/mol. The molecule has 8 heteroatoms. The molecule has 1 saturated carbocycles. The maximum atomic E-state index is 12.5. The summed E-state index contributed by atoms with van der Waals surface area (Å²) in [4.78, 5) is 11.4. The Balaban J connectivity index is 2.24. The van der Waals surface area contributed by atoms with E-state index >= 15 is 0 Å². The summed E-state index contributed by atoms with van der Waals surface area (Å²) < 4.78 is 32.2. The molecule has 0 bridgehead atoms. The molecule has 1 aromatic carbocycles. The van der Waals surface area contributed by atoms with Gasteiger partial charge in [0.2, 0.25) is 10.0 Å². The molecule has 0 aliphatic heterocycles. The first-order valence-electron chi connectivity index (χ1n) is 6.99. The summed E-state index contributed by atoms with van der Waals surface area (Å²) in [5.74, 6) is -0.430. The van der Waals surface area contributed by atoms with Crippen LogP contribution in [0.3, 0.4) is 0 Å². The van der Waals surface area contributed by atoms with Crippen LogP contribution in [0.4, 0.5) is 0 Å². The molecule has 1 fully saturated rings. The minimum Gasteiger partial charge on any atom is -0.465 e. The standard InChI is InChI=1S/C14H19ClN2O4S/c1-21-14(18)9-5-6-13(11(15)7-9)22(19,20)17-12-4-2-3-10(12)8-16/h5-7,10,12,17H,2-4,8,16H2,1H3. The fraction of sp³-hybridized carbons (Fsp3) is 0.500. The molecule has 0 saturated heterocycles. The highest BCUT2D eigenvalue weighted by molar-refractivity contribution is 7.89. The van der Waals surface area contributed by atoms with Crippen LogP contribution >= 0.6 is 11.6 Å². The second kappa shape index (κ2) is 6.95. The van der Waals surface area contributed by atoms with Crippen molar-refractivity contribution in [2.24, 2.45) is 11.7 Å². The highest BCUT2D eigenvalue weighted by Gasteiger charge is 2.31. The molecular formula is C14H19ClN2O4S. The van der Waals surface area contributed by atoms with Crippen LogP contribution in [0.5, 0.6) is 0 Å². The van der Waals surface area contributed by atoms with Gasteiger partial charge in [0.1, 0.15) is 4.90 Å². The lowest BCUT2D eigenvalue weighted by molar-refractivity contribution is 0.0600. The third-order valence-corrected chi connectivity index (χ3v) is 5.88. The van der Waals surface area contributed by atoms with Crippen molar-refractivity contribution in [1.29, 1.82) is 0 Å². The number of carbonyl (C=O) groups is 1. The number of methoxy groups -OCH3 is 1. The average Bonchev–Trinajstić information content (AvgIpc) is 2.92. The zero-order valence-corrected chi connectivity index (χ0v) is 13.8. The topological polar surface area (TPSA) is 98.5 Å². The van der Waals surface area contributed by atoms with Gasteiger partial charge >= 0.3 is 5.97 Å². The van der Waals surface area contributed by atoms with Crippen LogP contribution in [0.1, 0.15) is 29.6 Å². The number of halogens is 1. The molecule has 0 heterocycles. The number of hydrogen-bond acceptors (Lipinski definition) is 5. The van der Waals surface area contributed by atoms with E-state index in [1.807, 2.05) is 0 Å². The number of nitrogens with one attached hydrogen (secondary N) is 1. The summed E-state index contributed by atoms with van der Waals surface area (Å²) in [5.41, 5.74) is 5.87. The first-order valence-corrected chi connectivity index (χ1v) is 8.85. The fourth-order valence-corrected chi connectivity index (χ4v) is 4.58. The first-order chi connectivity index (χ1) is 10.4. The van der Waals surface area contributed by atoms with E-state index in [0.29, 0.717) is 6.54 Å². The van der Waals surface area contributed by atoms with Gasteiger partial charge in [0.25, 0.3) is 0 Å². The van der Waals surface area contributed by atoms with Gasteiger partial charge in [-0.1, -0.05) is 18.0 Å². The van der Waals surface area contributed by atoms with E-state index in [4.69, 9.17) is 17.3 Å². The van der Waals surface area contributed by atoms with Crippen molar-refractivity contribution in [3.8, 4) is 0 Å². The van der Waals surface area contributed by atoms with Crippen LogP contribution in [0.25, 0.3) is 0 Å². The number of sulfonamides is 1. The SMILES string of the molecule is COC(=O)c1ccc(S(=O)(=O)NC2CCCC2CN)c(Cl)c1. The molecule has 2 rings (SSSR count). The zero-order chi connectivity index (χ0) is 16.3. The molecule has 0 radical (unpaired) electrons. The van der Waals surface area contributed by atoms with Crippen LogP contribution in [0.2, 0.25) is 5.02 Å². The lowest BCUT2D eigenvalue weighted by atomic mass is 10.1. The van der Waals surface area contributed by atoms with E-state index in [2.05, 4.69) is 9.46 Å². The van der Waals surface area contributed by atoms with Crippen molar-refractivity contribution in [2.45, 2.75) is 30.2 Å². The summed E-state index contributed by atoms with van der Waals surface area (Å²) in [5, 5.41) is -0.0160.